The topological polar surface area (TPSA) is 52.0 Å². The molecule has 0 aliphatic heterocycles. The minimum atomic E-state index is -3.58. The van der Waals surface area contributed by atoms with Crippen LogP contribution < -0.4 is 0 Å². The quantitative estimate of drug-likeness (QED) is 0.720. The van der Waals surface area contributed by atoms with Gasteiger partial charge in [-0.15, -0.1) is 0 Å². The predicted octanol–water partition coefficient (Wildman–Crippen LogP) is 2.58. The first-order chi connectivity index (χ1) is 9.10. The smallest absolute Gasteiger partial charge is 0.235 e. The van der Waals surface area contributed by atoms with Crippen molar-refractivity contribution in [1.29, 1.82) is 0 Å². The van der Waals surface area contributed by atoms with Crippen molar-refractivity contribution in [2.45, 2.75) is 11.8 Å². The maximum Gasteiger partial charge on any atom is 0.269 e. The first-order valence-corrected chi connectivity index (χ1v) is 7.28. The van der Waals surface area contributed by atoms with E-state index < -0.39 is 10.0 Å². The number of aryl methyl sites for hydroxylation is 1. The van der Waals surface area contributed by atoms with Gasteiger partial charge in [-0.05, 0) is 30.7 Å². The molecule has 0 fully saturated rings. The molecule has 1 heterocycles. The Morgan fingerprint density at radius 1 is 1.00 bits per heavy atom. The predicted molar refractivity (Wildman–Crippen MR) is 73.5 cm³/mol. The SMILES string of the molecule is Cc1cccc2c1ncn2S(=O)(=O)c1ccccc1. The van der Waals surface area contributed by atoms with E-state index in [-0.39, 0.29) is 4.90 Å². The summed E-state index contributed by atoms with van der Waals surface area (Å²) >= 11 is 0. The van der Waals surface area contributed by atoms with Crippen LogP contribution in [-0.4, -0.2) is 17.4 Å². The first kappa shape index (κ1) is 11.9. The maximum absolute atomic E-state index is 12.5. The van der Waals surface area contributed by atoms with Gasteiger partial charge < -0.3 is 0 Å². The highest BCUT2D eigenvalue weighted by Crippen LogP contribution is 2.21. The van der Waals surface area contributed by atoms with Gasteiger partial charge in [0.25, 0.3) is 10.0 Å². The number of rotatable bonds is 2. The van der Waals surface area contributed by atoms with Crippen molar-refractivity contribution in [3.8, 4) is 0 Å². The third-order valence-electron chi connectivity index (χ3n) is 3.05. The lowest BCUT2D eigenvalue weighted by Crippen LogP contribution is -2.11. The fourth-order valence-electron chi connectivity index (χ4n) is 2.06. The average Bonchev–Trinajstić information content (AvgIpc) is 2.86. The van der Waals surface area contributed by atoms with Gasteiger partial charge in [-0.25, -0.2) is 17.4 Å². The second kappa shape index (κ2) is 4.20. The lowest BCUT2D eigenvalue weighted by molar-refractivity contribution is 0.588. The van der Waals surface area contributed by atoms with Crippen LogP contribution in [0.2, 0.25) is 0 Å². The van der Waals surface area contributed by atoms with Crippen molar-refractivity contribution in [2.24, 2.45) is 0 Å². The van der Waals surface area contributed by atoms with Gasteiger partial charge in [-0.3, -0.25) is 0 Å². The number of nitrogens with zero attached hydrogens (tertiary/aromatic N) is 2. The van der Waals surface area contributed by atoms with Crippen molar-refractivity contribution in [3.05, 3.63) is 60.4 Å². The Kier molecular flexibility index (Phi) is 2.64. The Hall–Kier alpha value is -2.14. The molecule has 0 amide bonds. The number of imidazole rings is 1. The molecule has 0 aliphatic carbocycles. The molecule has 0 spiro atoms. The summed E-state index contributed by atoms with van der Waals surface area (Å²) in [6.07, 6.45) is 1.36. The summed E-state index contributed by atoms with van der Waals surface area (Å²) in [5.74, 6) is 0. The largest absolute Gasteiger partial charge is 0.269 e. The molecule has 5 heteroatoms. The average molecular weight is 272 g/mol. The van der Waals surface area contributed by atoms with Crippen LogP contribution in [0.15, 0.2) is 59.8 Å². The van der Waals surface area contributed by atoms with E-state index in [0.29, 0.717) is 11.0 Å². The summed E-state index contributed by atoms with van der Waals surface area (Å²) in [4.78, 5) is 4.45. The standard InChI is InChI=1S/C14H12N2O2S/c1-11-6-5-9-13-14(11)15-10-16(13)19(17,18)12-7-3-2-4-8-12/h2-10H,1H3. The Morgan fingerprint density at radius 2 is 1.74 bits per heavy atom. The van der Waals surface area contributed by atoms with Crippen molar-refractivity contribution >= 4 is 21.1 Å². The molecule has 0 saturated carbocycles. The van der Waals surface area contributed by atoms with Crippen LogP contribution in [0.1, 0.15) is 5.56 Å². The lowest BCUT2D eigenvalue weighted by atomic mass is 10.2. The molecule has 96 valence electrons. The molecule has 0 N–H and O–H groups in total. The van der Waals surface area contributed by atoms with Crippen LogP contribution in [0.4, 0.5) is 0 Å². The summed E-state index contributed by atoms with van der Waals surface area (Å²) in [6.45, 7) is 1.91. The van der Waals surface area contributed by atoms with E-state index in [9.17, 15) is 8.42 Å². The fourth-order valence-corrected chi connectivity index (χ4v) is 3.36. The van der Waals surface area contributed by atoms with Crippen LogP contribution in [0.25, 0.3) is 11.0 Å². The number of fused-ring (bicyclic) bond motifs is 1. The molecular weight excluding hydrogens is 260 g/mol. The van der Waals surface area contributed by atoms with Gasteiger partial charge >= 0.3 is 0 Å². The number of para-hydroxylation sites is 1. The Labute approximate surface area is 111 Å². The number of hydrogen-bond acceptors (Lipinski definition) is 3. The van der Waals surface area contributed by atoms with Gasteiger partial charge in [0.15, 0.2) is 0 Å². The molecule has 0 aliphatic rings. The van der Waals surface area contributed by atoms with Crippen molar-refractivity contribution in [1.82, 2.24) is 8.96 Å². The van der Waals surface area contributed by atoms with E-state index in [0.717, 1.165) is 5.56 Å². The Morgan fingerprint density at radius 3 is 2.47 bits per heavy atom. The third kappa shape index (κ3) is 1.82. The van der Waals surface area contributed by atoms with Crippen LogP contribution in [0.3, 0.4) is 0 Å². The molecule has 3 aromatic rings. The van der Waals surface area contributed by atoms with E-state index >= 15 is 0 Å². The highest BCUT2D eigenvalue weighted by molar-refractivity contribution is 7.90. The second-order valence-corrected chi connectivity index (χ2v) is 6.12. The zero-order chi connectivity index (χ0) is 13.5. The molecule has 0 unspecified atom stereocenters. The Balaban J connectivity index is 2.29. The molecule has 0 atom stereocenters. The molecule has 0 bridgehead atoms. The van der Waals surface area contributed by atoms with Gasteiger partial charge in [0.2, 0.25) is 0 Å². The lowest BCUT2D eigenvalue weighted by Gasteiger charge is -2.06. The van der Waals surface area contributed by atoms with Crippen molar-refractivity contribution < 1.29 is 8.42 Å². The minimum absolute atomic E-state index is 0.260. The van der Waals surface area contributed by atoms with Crippen LogP contribution in [0, 0.1) is 6.92 Å². The van der Waals surface area contributed by atoms with E-state index in [1.807, 2.05) is 19.1 Å². The van der Waals surface area contributed by atoms with Gasteiger partial charge in [0.05, 0.1) is 15.9 Å². The summed E-state index contributed by atoms with van der Waals surface area (Å²) in [5, 5.41) is 0. The van der Waals surface area contributed by atoms with Crippen molar-refractivity contribution in [3.63, 3.8) is 0 Å². The normalized spacial score (nSPS) is 11.8. The van der Waals surface area contributed by atoms with Crippen LogP contribution in [-0.2, 0) is 10.0 Å². The molecule has 2 aromatic carbocycles. The van der Waals surface area contributed by atoms with Crippen LogP contribution >= 0.6 is 0 Å². The van der Waals surface area contributed by atoms with Crippen LogP contribution in [0.5, 0.6) is 0 Å². The highest BCUT2D eigenvalue weighted by atomic mass is 32.2. The summed E-state index contributed by atoms with van der Waals surface area (Å²) in [6, 6.07) is 13.9. The van der Waals surface area contributed by atoms with E-state index in [4.69, 9.17) is 0 Å². The Bertz CT molecular complexity index is 836. The third-order valence-corrected chi connectivity index (χ3v) is 4.72. The molecule has 3 rings (SSSR count). The van der Waals surface area contributed by atoms with E-state index in [1.54, 1.807) is 36.4 Å². The number of benzene rings is 2. The van der Waals surface area contributed by atoms with E-state index in [1.165, 1.54) is 10.3 Å². The summed E-state index contributed by atoms with van der Waals surface area (Å²) in [5.41, 5.74) is 2.27. The minimum Gasteiger partial charge on any atom is -0.235 e. The molecule has 1 aromatic heterocycles. The van der Waals surface area contributed by atoms with Gasteiger partial charge in [-0.2, -0.15) is 0 Å². The molecule has 0 saturated heterocycles. The van der Waals surface area contributed by atoms with Crippen molar-refractivity contribution in [2.75, 3.05) is 0 Å². The molecule has 4 nitrogen and oxygen atoms in total. The summed E-state index contributed by atoms with van der Waals surface area (Å²) < 4.78 is 26.3. The zero-order valence-corrected chi connectivity index (χ0v) is 11.1. The maximum atomic E-state index is 12.5. The van der Waals surface area contributed by atoms with Gasteiger partial charge in [-0.1, -0.05) is 30.3 Å². The zero-order valence-electron chi connectivity index (χ0n) is 10.3. The van der Waals surface area contributed by atoms with E-state index in [2.05, 4.69) is 4.98 Å². The highest BCUT2D eigenvalue weighted by Gasteiger charge is 2.19. The van der Waals surface area contributed by atoms with Gasteiger partial charge in [0, 0.05) is 0 Å². The number of aromatic nitrogens is 2. The van der Waals surface area contributed by atoms with Gasteiger partial charge in [0.1, 0.15) is 6.33 Å². The summed E-state index contributed by atoms with van der Waals surface area (Å²) in [7, 11) is -3.58. The molecule has 19 heavy (non-hydrogen) atoms. The fraction of sp³-hybridized carbons (Fsp3) is 0.0714. The second-order valence-electron chi connectivity index (χ2n) is 4.30. The molecular formula is C14H12N2O2S. The molecule has 0 radical (unpaired) electrons. The monoisotopic (exact) mass is 272 g/mol. The number of hydrogen-bond donors (Lipinski definition) is 0. The first-order valence-electron chi connectivity index (χ1n) is 5.84.